The number of rotatable bonds is 10. The molecule has 0 spiro atoms. The van der Waals surface area contributed by atoms with E-state index in [1.165, 1.54) is 5.69 Å². The minimum atomic E-state index is 0.832. The van der Waals surface area contributed by atoms with Crippen LogP contribution in [0.3, 0.4) is 0 Å². The molecule has 1 aliphatic heterocycles. The smallest absolute Gasteiger partial charge is 0.225 e. The summed E-state index contributed by atoms with van der Waals surface area (Å²) >= 11 is 0. The highest BCUT2D eigenvalue weighted by Crippen LogP contribution is 2.12. The molecule has 2 aromatic rings. The van der Waals surface area contributed by atoms with Crippen LogP contribution in [-0.4, -0.2) is 86.8 Å². The van der Waals surface area contributed by atoms with Gasteiger partial charge in [-0.1, -0.05) is 18.2 Å². The number of hydrogen-bond donors (Lipinski definition) is 2. The van der Waals surface area contributed by atoms with Crippen LogP contribution in [-0.2, 0) is 0 Å². The van der Waals surface area contributed by atoms with Gasteiger partial charge in [-0.25, -0.2) is 9.97 Å². The molecule has 1 aromatic heterocycles. The number of piperazine rings is 1. The Kier molecular flexibility index (Phi) is 9.37. The predicted octanol–water partition coefficient (Wildman–Crippen LogP) is 1.68. The van der Waals surface area contributed by atoms with E-state index in [0.29, 0.717) is 0 Å². The van der Waals surface area contributed by atoms with Gasteiger partial charge < -0.3 is 20.4 Å². The number of guanidine groups is 1. The second-order valence-corrected chi connectivity index (χ2v) is 7.57. The normalized spacial score (nSPS) is 15.0. The highest BCUT2D eigenvalue weighted by Gasteiger charge is 2.18. The Balaban J connectivity index is 1.29. The van der Waals surface area contributed by atoms with Gasteiger partial charge in [0.25, 0.3) is 0 Å². The van der Waals surface area contributed by atoms with Crippen molar-refractivity contribution in [2.45, 2.75) is 13.3 Å². The number of nitrogens with one attached hydrogen (secondary N) is 2. The van der Waals surface area contributed by atoms with Gasteiger partial charge >= 0.3 is 0 Å². The lowest BCUT2D eigenvalue weighted by atomic mass is 10.2. The fraction of sp³-hybridized carbons (Fsp3) is 0.522. The summed E-state index contributed by atoms with van der Waals surface area (Å²) in [6.07, 6.45) is 4.67. The molecule has 1 aromatic carbocycles. The average Bonchev–Trinajstić information content (AvgIpc) is 2.84. The van der Waals surface area contributed by atoms with Gasteiger partial charge in [0.15, 0.2) is 5.96 Å². The molecule has 0 amide bonds. The molecule has 0 saturated carbocycles. The number of hydrogen-bond acceptors (Lipinski definition) is 6. The first-order valence-electron chi connectivity index (χ1n) is 11.3. The molecule has 0 atom stereocenters. The largest absolute Gasteiger partial charge is 0.372 e. The first kappa shape index (κ1) is 22.8. The molecule has 0 radical (unpaired) electrons. The topological polar surface area (TPSA) is 71.9 Å². The molecular weight excluding hydrogens is 388 g/mol. The number of nitrogens with zero attached hydrogens (tertiary/aromatic N) is 6. The fourth-order valence-corrected chi connectivity index (χ4v) is 3.76. The molecule has 3 rings (SSSR count). The molecule has 0 unspecified atom stereocenters. The maximum absolute atomic E-state index is 4.35. The average molecular weight is 425 g/mol. The van der Waals surface area contributed by atoms with Crippen LogP contribution < -0.4 is 20.4 Å². The van der Waals surface area contributed by atoms with Crippen LogP contribution in [0.4, 0.5) is 11.6 Å². The minimum absolute atomic E-state index is 0.832. The van der Waals surface area contributed by atoms with Crippen LogP contribution in [0.1, 0.15) is 13.3 Å². The number of benzene rings is 1. The number of aromatic nitrogens is 2. The Hall–Kier alpha value is -2.87. The summed E-state index contributed by atoms with van der Waals surface area (Å²) in [6, 6.07) is 12.4. The second kappa shape index (κ2) is 12.7. The third-order valence-electron chi connectivity index (χ3n) is 5.55. The van der Waals surface area contributed by atoms with Crippen molar-refractivity contribution in [1.82, 2.24) is 25.5 Å². The Morgan fingerprint density at radius 1 is 1.00 bits per heavy atom. The first-order chi connectivity index (χ1) is 15.3. The van der Waals surface area contributed by atoms with Crippen molar-refractivity contribution in [2.75, 3.05) is 75.8 Å². The van der Waals surface area contributed by atoms with Gasteiger partial charge in [0.05, 0.1) is 0 Å². The zero-order valence-electron chi connectivity index (χ0n) is 18.9. The number of para-hydroxylation sites is 1. The lowest BCUT2D eigenvalue weighted by molar-refractivity contribution is 0.260. The van der Waals surface area contributed by atoms with Crippen LogP contribution >= 0.6 is 0 Å². The standard InChI is InChI=1S/C23H36N8/c1-3-30(21-9-5-4-6-10-21)15-8-13-25-22(24-2)26-14-16-29-17-19-31(20-18-29)23-27-11-7-12-28-23/h4-7,9-12H,3,8,13-20H2,1-2H3,(H2,24,25,26). The summed E-state index contributed by atoms with van der Waals surface area (Å²) in [5, 5.41) is 6.87. The van der Waals surface area contributed by atoms with Gasteiger partial charge in [-0.05, 0) is 31.5 Å². The summed E-state index contributed by atoms with van der Waals surface area (Å²) < 4.78 is 0. The van der Waals surface area contributed by atoms with Crippen LogP contribution in [0.25, 0.3) is 0 Å². The van der Waals surface area contributed by atoms with Crippen molar-refractivity contribution in [2.24, 2.45) is 4.99 Å². The summed E-state index contributed by atoms with van der Waals surface area (Å²) in [4.78, 5) is 20.2. The van der Waals surface area contributed by atoms with Crippen molar-refractivity contribution >= 4 is 17.6 Å². The fourth-order valence-electron chi connectivity index (χ4n) is 3.76. The molecular formula is C23H36N8. The molecule has 31 heavy (non-hydrogen) atoms. The van der Waals surface area contributed by atoms with Crippen molar-refractivity contribution in [3.8, 4) is 0 Å². The van der Waals surface area contributed by atoms with E-state index in [9.17, 15) is 0 Å². The van der Waals surface area contributed by atoms with Crippen molar-refractivity contribution in [3.63, 3.8) is 0 Å². The van der Waals surface area contributed by atoms with Crippen molar-refractivity contribution in [1.29, 1.82) is 0 Å². The van der Waals surface area contributed by atoms with Gasteiger partial charge in [-0.3, -0.25) is 9.89 Å². The summed E-state index contributed by atoms with van der Waals surface area (Å²) in [5.74, 6) is 1.71. The molecule has 1 fully saturated rings. The quantitative estimate of drug-likeness (QED) is 0.342. The Morgan fingerprint density at radius 3 is 2.39 bits per heavy atom. The van der Waals surface area contributed by atoms with Crippen LogP contribution in [0, 0.1) is 0 Å². The minimum Gasteiger partial charge on any atom is -0.372 e. The highest BCUT2D eigenvalue weighted by molar-refractivity contribution is 5.79. The predicted molar refractivity (Wildman–Crippen MR) is 129 cm³/mol. The molecule has 2 N–H and O–H groups in total. The van der Waals surface area contributed by atoms with E-state index in [1.807, 2.05) is 13.1 Å². The molecule has 1 saturated heterocycles. The van der Waals surface area contributed by atoms with Gasteiger partial charge in [-0.15, -0.1) is 0 Å². The highest BCUT2D eigenvalue weighted by atomic mass is 15.3. The zero-order chi connectivity index (χ0) is 21.7. The van der Waals surface area contributed by atoms with Gasteiger partial charge in [-0.2, -0.15) is 0 Å². The van der Waals surface area contributed by atoms with Crippen molar-refractivity contribution < 1.29 is 0 Å². The second-order valence-electron chi connectivity index (χ2n) is 7.57. The Morgan fingerprint density at radius 2 is 1.71 bits per heavy atom. The van der Waals surface area contributed by atoms with Gasteiger partial charge in [0, 0.05) is 84.0 Å². The van der Waals surface area contributed by atoms with E-state index in [1.54, 1.807) is 12.4 Å². The zero-order valence-corrected chi connectivity index (χ0v) is 18.9. The van der Waals surface area contributed by atoms with E-state index < -0.39 is 0 Å². The summed E-state index contributed by atoms with van der Waals surface area (Å²) in [5.41, 5.74) is 1.28. The lowest BCUT2D eigenvalue weighted by Crippen LogP contribution is -2.49. The summed E-state index contributed by atoms with van der Waals surface area (Å²) in [6.45, 7) is 11.0. The van der Waals surface area contributed by atoms with E-state index in [0.717, 1.165) is 77.2 Å². The molecule has 1 aliphatic rings. The SMILES string of the molecule is CCN(CCCNC(=NC)NCCN1CCN(c2ncccn2)CC1)c1ccccc1. The molecule has 0 bridgehead atoms. The molecule has 168 valence electrons. The lowest BCUT2D eigenvalue weighted by Gasteiger charge is -2.34. The summed E-state index contributed by atoms with van der Waals surface area (Å²) in [7, 11) is 1.83. The van der Waals surface area contributed by atoms with E-state index in [4.69, 9.17) is 0 Å². The van der Waals surface area contributed by atoms with E-state index >= 15 is 0 Å². The number of anilines is 2. The third-order valence-corrected chi connectivity index (χ3v) is 5.55. The van der Waals surface area contributed by atoms with Gasteiger partial charge in [0.2, 0.25) is 5.95 Å². The van der Waals surface area contributed by atoms with E-state index in [-0.39, 0.29) is 0 Å². The Labute approximate surface area is 186 Å². The van der Waals surface area contributed by atoms with Crippen LogP contribution in [0.2, 0.25) is 0 Å². The maximum Gasteiger partial charge on any atom is 0.225 e. The molecule has 2 heterocycles. The molecule has 8 nitrogen and oxygen atoms in total. The van der Waals surface area contributed by atoms with Crippen molar-refractivity contribution in [3.05, 3.63) is 48.8 Å². The monoisotopic (exact) mass is 424 g/mol. The van der Waals surface area contributed by atoms with Crippen LogP contribution in [0.15, 0.2) is 53.8 Å². The maximum atomic E-state index is 4.35. The van der Waals surface area contributed by atoms with E-state index in [2.05, 4.69) is 77.5 Å². The molecule has 8 heteroatoms. The first-order valence-corrected chi connectivity index (χ1v) is 11.3. The van der Waals surface area contributed by atoms with Crippen LogP contribution in [0.5, 0.6) is 0 Å². The Bertz CT molecular complexity index is 760. The van der Waals surface area contributed by atoms with Gasteiger partial charge in [0.1, 0.15) is 0 Å². The number of aliphatic imine (C=N–C) groups is 1. The third kappa shape index (κ3) is 7.40. The molecule has 0 aliphatic carbocycles.